The van der Waals surface area contributed by atoms with Crippen LogP contribution in [0.25, 0.3) is 0 Å². The van der Waals surface area contributed by atoms with Gasteiger partial charge in [-0.2, -0.15) is 0 Å². The number of carbonyl (C=O) groups is 3. The Kier molecular flexibility index (Phi) is 7.24. The van der Waals surface area contributed by atoms with E-state index in [1.807, 2.05) is 0 Å². The summed E-state index contributed by atoms with van der Waals surface area (Å²) < 4.78 is 34.9. The molecule has 2 heterocycles. The predicted octanol–water partition coefficient (Wildman–Crippen LogP) is 4.13. The molecule has 0 aromatic heterocycles. The Balaban J connectivity index is 1.45. The van der Waals surface area contributed by atoms with Crippen LogP contribution >= 0.6 is 0 Å². The van der Waals surface area contributed by atoms with Crippen molar-refractivity contribution in [1.82, 2.24) is 0 Å². The van der Waals surface area contributed by atoms with E-state index in [1.54, 1.807) is 105 Å². The summed E-state index contributed by atoms with van der Waals surface area (Å²) in [6.45, 7) is 3.39. The predicted molar refractivity (Wildman–Crippen MR) is 132 cm³/mol. The molecule has 0 unspecified atom stereocenters. The fraction of sp³-hybridized carbons (Fsp3) is 0.276. The molecule has 0 spiro atoms. The maximum absolute atomic E-state index is 13.0. The van der Waals surface area contributed by atoms with Crippen LogP contribution in [0.15, 0.2) is 91.0 Å². The van der Waals surface area contributed by atoms with Crippen molar-refractivity contribution in [3.63, 3.8) is 0 Å². The number of esters is 3. The minimum absolute atomic E-state index is 0.234. The number of fused-ring (bicyclic) bond motifs is 1. The van der Waals surface area contributed by atoms with E-state index in [2.05, 4.69) is 0 Å². The van der Waals surface area contributed by atoms with Gasteiger partial charge in [-0.3, -0.25) is 0 Å². The topological polar surface area (TPSA) is 107 Å². The van der Waals surface area contributed by atoms with Crippen molar-refractivity contribution >= 4 is 17.9 Å². The number of rotatable bonds is 7. The Labute approximate surface area is 219 Å². The van der Waals surface area contributed by atoms with Crippen LogP contribution in [-0.4, -0.2) is 54.6 Å². The third-order valence-electron chi connectivity index (χ3n) is 6.01. The normalized spacial score (nSPS) is 23.4. The van der Waals surface area contributed by atoms with Crippen molar-refractivity contribution < 1.29 is 42.8 Å². The van der Waals surface area contributed by atoms with Gasteiger partial charge in [0.25, 0.3) is 6.29 Å². The van der Waals surface area contributed by atoms with Gasteiger partial charge in [0, 0.05) is 0 Å². The number of benzene rings is 3. The molecule has 0 aliphatic carbocycles. The van der Waals surface area contributed by atoms with Crippen molar-refractivity contribution in [1.29, 1.82) is 0 Å². The number of hydrogen-bond acceptors (Lipinski definition) is 9. The lowest BCUT2D eigenvalue weighted by molar-refractivity contribution is -0.246. The molecule has 0 amide bonds. The molecule has 4 atom stereocenters. The highest BCUT2D eigenvalue weighted by atomic mass is 16.9. The summed E-state index contributed by atoms with van der Waals surface area (Å²) in [4.78, 5) is 39.0. The summed E-state index contributed by atoms with van der Waals surface area (Å²) in [5, 5.41) is 0. The van der Waals surface area contributed by atoms with E-state index in [0.717, 1.165) is 0 Å². The van der Waals surface area contributed by atoms with Gasteiger partial charge in [0.15, 0.2) is 30.4 Å². The van der Waals surface area contributed by atoms with Gasteiger partial charge < -0.3 is 28.4 Å². The summed E-state index contributed by atoms with van der Waals surface area (Å²) in [6, 6.07) is 24.8. The summed E-state index contributed by atoms with van der Waals surface area (Å²) in [7, 11) is 0. The van der Waals surface area contributed by atoms with E-state index in [-0.39, 0.29) is 11.1 Å². The maximum atomic E-state index is 13.0. The zero-order valence-corrected chi connectivity index (χ0v) is 20.7. The molecule has 2 saturated heterocycles. The highest BCUT2D eigenvalue weighted by Crippen LogP contribution is 2.41. The lowest BCUT2D eigenvalue weighted by atomic mass is 10.1. The zero-order valence-electron chi connectivity index (χ0n) is 20.7. The van der Waals surface area contributed by atoms with E-state index in [1.165, 1.54) is 0 Å². The second-order valence-corrected chi connectivity index (χ2v) is 9.22. The first kappa shape index (κ1) is 25.6. The molecule has 0 radical (unpaired) electrons. The molecular weight excluding hydrogens is 492 g/mol. The standard InChI is InChI=1S/C29H26O9/c1-29(2)37-23-21(33-24(30)18-12-6-3-7-13-18)22(34-28(23)38-29)27(35-25(31)19-14-8-4-9-15-19)36-26(32)20-16-10-5-11-17-20/h3-17,21-23,27-28H,1-2H3/t21-,22+,23+,28+/m1/s1. The largest absolute Gasteiger partial charge is 0.453 e. The van der Waals surface area contributed by atoms with E-state index in [9.17, 15) is 14.4 Å². The summed E-state index contributed by atoms with van der Waals surface area (Å²) >= 11 is 0. The fourth-order valence-corrected chi connectivity index (χ4v) is 4.28. The van der Waals surface area contributed by atoms with Gasteiger partial charge >= 0.3 is 17.9 Å². The third kappa shape index (κ3) is 5.60. The molecular formula is C29H26O9. The first-order valence-electron chi connectivity index (χ1n) is 12.1. The molecule has 2 aliphatic heterocycles. The van der Waals surface area contributed by atoms with Crippen molar-refractivity contribution in [3.05, 3.63) is 108 Å². The molecule has 0 saturated carbocycles. The summed E-state index contributed by atoms with van der Waals surface area (Å²) in [6.07, 6.45) is -5.79. The molecule has 2 aliphatic rings. The van der Waals surface area contributed by atoms with E-state index >= 15 is 0 Å². The van der Waals surface area contributed by atoms with Gasteiger partial charge in [0.1, 0.15) is 0 Å². The van der Waals surface area contributed by atoms with Crippen molar-refractivity contribution in [3.8, 4) is 0 Å². The van der Waals surface area contributed by atoms with E-state index in [0.29, 0.717) is 5.56 Å². The van der Waals surface area contributed by atoms with Crippen molar-refractivity contribution in [2.24, 2.45) is 0 Å². The Morgan fingerprint density at radius 1 is 0.684 bits per heavy atom. The van der Waals surface area contributed by atoms with Crippen LogP contribution in [-0.2, 0) is 28.4 Å². The highest BCUT2D eigenvalue weighted by molar-refractivity contribution is 5.91. The van der Waals surface area contributed by atoms with E-state index < -0.39 is 54.6 Å². The average Bonchev–Trinajstić information content (AvgIpc) is 3.41. The van der Waals surface area contributed by atoms with Crippen LogP contribution in [0.5, 0.6) is 0 Å². The molecule has 3 aromatic rings. The van der Waals surface area contributed by atoms with Crippen molar-refractivity contribution in [2.75, 3.05) is 0 Å². The molecule has 5 rings (SSSR count). The van der Waals surface area contributed by atoms with Gasteiger partial charge in [-0.25, -0.2) is 14.4 Å². The smallest absolute Gasteiger partial charge is 0.341 e. The molecule has 9 nitrogen and oxygen atoms in total. The SMILES string of the molecule is CC1(C)O[C@@H]2O[C@H](C(OC(=O)c3ccccc3)OC(=O)c3ccccc3)[C@@H](OC(=O)c3ccccc3)[C@@H]2O1. The Hall–Kier alpha value is -4.05. The molecule has 0 N–H and O–H groups in total. The number of hydrogen-bond donors (Lipinski definition) is 0. The molecule has 9 heteroatoms. The molecule has 0 bridgehead atoms. The van der Waals surface area contributed by atoms with Gasteiger partial charge in [-0.05, 0) is 50.2 Å². The molecule has 3 aromatic carbocycles. The van der Waals surface area contributed by atoms with Gasteiger partial charge in [-0.15, -0.1) is 0 Å². The fourth-order valence-electron chi connectivity index (χ4n) is 4.28. The first-order chi connectivity index (χ1) is 18.3. The Morgan fingerprint density at radius 2 is 1.13 bits per heavy atom. The van der Waals surface area contributed by atoms with Gasteiger partial charge in [-0.1, -0.05) is 54.6 Å². The van der Waals surface area contributed by atoms with Gasteiger partial charge in [0.2, 0.25) is 0 Å². The lowest BCUT2D eigenvalue weighted by Gasteiger charge is -2.30. The quantitative estimate of drug-likeness (QED) is 0.337. The Morgan fingerprint density at radius 3 is 1.61 bits per heavy atom. The minimum atomic E-state index is -1.59. The monoisotopic (exact) mass is 518 g/mol. The lowest BCUT2D eigenvalue weighted by Crippen LogP contribution is -2.47. The Bertz CT molecular complexity index is 1220. The second-order valence-electron chi connectivity index (χ2n) is 9.22. The van der Waals surface area contributed by atoms with Crippen LogP contribution in [0.4, 0.5) is 0 Å². The minimum Gasteiger partial charge on any atom is -0.453 e. The summed E-state index contributed by atoms with van der Waals surface area (Å²) in [5.41, 5.74) is 0.766. The van der Waals surface area contributed by atoms with Crippen LogP contribution < -0.4 is 0 Å². The average molecular weight is 519 g/mol. The van der Waals surface area contributed by atoms with Crippen molar-refractivity contribution in [2.45, 2.75) is 50.5 Å². The number of carbonyl (C=O) groups excluding carboxylic acids is 3. The first-order valence-corrected chi connectivity index (χ1v) is 12.1. The highest BCUT2D eigenvalue weighted by Gasteiger charge is 2.60. The third-order valence-corrected chi connectivity index (χ3v) is 6.01. The van der Waals surface area contributed by atoms with Gasteiger partial charge in [0.05, 0.1) is 16.7 Å². The zero-order chi connectivity index (χ0) is 26.7. The van der Waals surface area contributed by atoms with Crippen LogP contribution in [0.1, 0.15) is 44.9 Å². The molecule has 2 fully saturated rings. The maximum Gasteiger partial charge on any atom is 0.341 e. The molecule has 38 heavy (non-hydrogen) atoms. The van der Waals surface area contributed by atoms with Crippen LogP contribution in [0.2, 0.25) is 0 Å². The summed E-state index contributed by atoms with van der Waals surface area (Å²) in [5.74, 6) is -3.19. The second kappa shape index (κ2) is 10.7. The molecule has 196 valence electrons. The van der Waals surface area contributed by atoms with Crippen LogP contribution in [0, 0.1) is 0 Å². The van der Waals surface area contributed by atoms with E-state index in [4.69, 9.17) is 28.4 Å². The van der Waals surface area contributed by atoms with Crippen LogP contribution in [0.3, 0.4) is 0 Å². The number of ether oxygens (including phenoxy) is 6.